The monoisotopic (exact) mass is 962 g/mol. The largest absolute Gasteiger partial charge is 0.472 e. The molecule has 1 aliphatic carbocycles. The maximum absolute atomic E-state index is 13.0. The van der Waals surface area contributed by atoms with Crippen molar-refractivity contribution in [3.8, 4) is 0 Å². The highest BCUT2D eigenvalue weighted by Gasteiger charge is 2.51. The van der Waals surface area contributed by atoms with Gasteiger partial charge >= 0.3 is 7.82 Å². The second-order valence-electron chi connectivity index (χ2n) is 19.8. The number of hydrogen-bond donors (Lipinski definition) is 8. The Balaban J connectivity index is 2.32. The van der Waals surface area contributed by atoms with Gasteiger partial charge in [0.2, 0.25) is 5.91 Å². The van der Waals surface area contributed by atoms with E-state index in [0.717, 1.165) is 44.9 Å². The molecule has 13 heteroatoms. The molecule has 1 rings (SSSR count). The van der Waals surface area contributed by atoms with Crippen molar-refractivity contribution >= 4 is 13.7 Å². The van der Waals surface area contributed by atoms with Crippen molar-refractivity contribution in [2.75, 3.05) is 6.61 Å². The first-order valence-electron chi connectivity index (χ1n) is 27.6. The predicted octanol–water partition coefficient (Wildman–Crippen LogP) is 12.0. The Morgan fingerprint density at radius 1 is 0.500 bits per heavy atom. The van der Waals surface area contributed by atoms with Gasteiger partial charge in [0, 0.05) is 6.42 Å². The molecule has 0 aromatic rings. The fourth-order valence-corrected chi connectivity index (χ4v) is 10.0. The van der Waals surface area contributed by atoms with Crippen LogP contribution in [-0.4, -0.2) is 96.8 Å². The van der Waals surface area contributed by atoms with Crippen LogP contribution in [0.5, 0.6) is 0 Å². The summed E-state index contributed by atoms with van der Waals surface area (Å²) < 4.78 is 23.0. The quantitative estimate of drug-likeness (QED) is 0.0164. The molecule has 8 N–H and O–H groups in total. The lowest BCUT2D eigenvalue weighted by atomic mass is 9.85. The highest BCUT2D eigenvalue weighted by molar-refractivity contribution is 7.47. The van der Waals surface area contributed by atoms with Crippen molar-refractivity contribution in [1.29, 1.82) is 0 Å². The van der Waals surface area contributed by atoms with Crippen LogP contribution in [0.15, 0.2) is 12.2 Å². The zero-order chi connectivity index (χ0) is 48.5. The molecule has 0 spiro atoms. The van der Waals surface area contributed by atoms with Gasteiger partial charge in [0.1, 0.15) is 36.6 Å². The van der Waals surface area contributed by atoms with Gasteiger partial charge in [-0.1, -0.05) is 251 Å². The molecule has 0 aliphatic heterocycles. The topological polar surface area (TPSA) is 206 Å². The normalized spacial score (nSPS) is 21.9. The minimum atomic E-state index is -5.08. The Labute approximate surface area is 403 Å². The minimum Gasteiger partial charge on any atom is -0.387 e. The van der Waals surface area contributed by atoms with Gasteiger partial charge in [0.25, 0.3) is 0 Å². The Kier molecular flexibility index (Phi) is 41.0. The van der Waals surface area contributed by atoms with Gasteiger partial charge in [-0.2, -0.15) is 0 Å². The van der Waals surface area contributed by atoms with E-state index in [1.54, 1.807) is 6.08 Å². The van der Waals surface area contributed by atoms with Crippen LogP contribution in [0.2, 0.25) is 0 Å². The smallest absolute Gasteiger partial charge is 0.387 e. The molecule has 6 unspecified atom stereocenters. The van der Waals surface area contributed by atoms with E-state index < -0.39 is 63.2 Å². The number of phosphoric acid groups is 1. The molecular formula is C53H104NO11P. The van der Waals surface area contributed by atoms with Crippen molar-refractivity contribution in [3.63, 3.8) is 0 Å². The van der Waals surface area contributed by atoms with E-state index in [4.69, 9.17) is 9.05 Å². The summed E-state index contributed by atoms with van der Waals surface area (Å²) in [6.45, 7) is 3.87. The van der Waals surface area contributed by atoms with Crippen LogP contribution >= 0.6 is 7.82 Å². The van der Waals surface area contributed by atoms with E-state index in [1.165, 1.54) is 193 Å². The van der Waals surface area contributed by atoms with Gasteiger partial charge in [0.05, 0.1) is 18.8 Å². The number of carbonyl (C=O) groups excluding carboxylic acids is 1. The molecule has 1 aliphatic rings. The molecule has 66 heavy (non-hydrogen) atoms. The zero-order valence-corrected chi connectivity index (χ0v) is 43.2. The number of aliphatic hydroxyl groups is 6. The van der Waals surface area contributed by atoms with Gasteiger partial charge < -0.3 is 40.8 Å². The van der Waals surface area contributed by atoms with E-state index in [0.29, 0.717) is 6.42 Å². The van der Waals surface area contributed by atoms with Crippen LogP contribution in [-0.2, 0) is 18.4 Å². The van der Waals surface area contributed by atoms with Crippen molar-refractivity contribution in [1.82, 2.24) is 5.32 Å². The van der Waals surface area contributed by atoms with Crippen molar-refractivity contribution < 1.29 is 53.9 Å². The van der Waals surface area contributed by atoms with Crippen molar-refractivity contribution in [2.45, 2.75) is 313 Å². The molecule has 392 valence electrons. The standard InChI is InChI=1S/C53H104NO11P/c1-3-5-7-9-11-13-15-17-19-20-21-22-23-24-25-26-27-28-29-31-33-35-37-39-41-43-47(56)54-45(44-64-66(62,63)65-53-51(60)49(58)48(57)50(59)52(53)61)46(55)42-40-38-36-34-32-30-18-16-14-12-10-8-6-4-2/h40,42,45-46,48-53,55,57-61H,3-39,41,43-44H2,1-2H3,(H,54,56)(H,62,63)/b42-40+/t45-,46+,48?,49+,50?,51?,52?,53?/m0/s1. The Hall–Kier alpha value is -0.920. The summed E-state index contributed by atoms with van der Waals surface area (Å²) >= 11 is 0. The lowest BCUT2D eigenvalue weighted by Crippen LogP contribution is -2.64. The lowest BCUT2D eigenvalue weighted by Gasteiger charge is -2.41. The van der Waals surface area contributed by atoms with E-state index in [1.807, 2.05) is 6.08 Å². The summed E-state index contributed by atoms with van der Waals surface area (Å²) in [5, 5.41) is 64.2. The summed E-state index contributed by atoms with van der Waals surface area (Å²) in [5.74, 6) is -0.335. The molecule has 0 bridgehead atoms. The number of unbranched alkanes of at least 4 members (excludes halogenated alkanes) is 36. The molecular weight excluding hydrogens is 858 g/mol. The number of aliphatic hydroxyl groups excluding tert-OH is 6. The average Bonchev–Trinajstić information content (AvgIpc) is 3.30. The maximum atomic E-state index is 13.0. The maximum Gasteiger partial charge on any atom is 0.472 e. The van der Waals surface area contributed by atoms with Gasteiger partial charge in [-0.25, -0.2) is 4.57 Å². The summed E-state index contributed by atoms with van der Waals surface area (Å²) in [6, 6.07) is -1.11. The molecule has 0 aromatic heterocycles. The summed E-state index contributed by atoms with van der Waals surface area (Å²) in [6.07, 6.45) is 38.6. The number of rotatable bonds is 47. The number of phosphoric ester groups is 1. The van der Waals surface area contributed by atoms with Gasteiger partial charge in [-0.05, 0) is 19.3 Å². The predicted molar refractivity (Wildman–Crippen MR) is 269 cm³/mol. The van der Waals surface area contributed by atoms with Gasteiger partial charge in [-0.15, -0.1) is 0 Å². The second kappa shape index (κ2) is 42.9. The Bertz CT molecular complexity index is 1160. The lowest BCUT2D eigenvalue weighted by molar-refractivity contribution is -0.220. The van der Waals surface area contributed by atoms with Gasteiger partial charge in [-0.3, -0.25) is 13.8 Å². The van der Waals surface area contributed by atoms with E-state index in [-0.39, 0.29) is 12.3 Å². The molecule has 0 heterocycles. The zero-order valence-electron chi connectivity index (χ0n) is 42.3. The van der Waals surface area contributed by atoms with E-state index in [9.17, 15) is 44.9 Å². The molecule has 1 amide bonds. The fraction of sp³-hybridized carbons (Fsp3) is 0.943. The van der Waals surface area contributed by atoms with E-state index >= 15 is 0 Å². The number of allylic oxidation sites excluding steroid dienone is 1. The first-order valence-corrected chi connectivity index (χ1v) is 29.1. The van der Waals surface area contributed by atoms with Gasteiger partial charge in [0.15, 0.2) is 0 Å². The summed E-state index contributed by atoms with van der Waals surface area (Å²) in [5.41, 5.74) is 0. The average molecular weight is 962 g/mol. The minimum absolute atomic E-state index is 0.219. The number of carbonyl (C=O) groups is 1. The first-order chi connectivity index (χ1) is 31.9. The Morgan fingerprint density at radius 2 is 0.803 bits per heavy atom. The third-order valence-corrected chi connectivity index (χ3v) is 14.6. The van der Waals surface area contributed by atoms with E-state index in [2.05, 4.69) is 19.2 Å². The number of nitrogens with one attached hydrogen (secondary N) is 1. The van der Waals surface area contributed by atoms with Crippen LogP contribution in [0, 0.1) is 0 Å². The Morgan fingerprint density at radius 3 is 1.15 bits per heavy atom. The van der Waals surface area contributed by atoms with Crippen LogP contribution in [0.1, 0.15) is 264 Å². The highest BCUT2D eigenvalue weighted by Crippen LogP contribution is 2.47. The molecule has 1 saturated carbocycles. The van der Waals surface area contributed by atoms with Crippen LogP contribution in [0.3, 0.4) is 0 Å². The molecule has 12 nitrogen and oxygen atoms in total. The first kappa shape index (κ1) is 63.1. The molecule has 9 atom stereocenters. The van der Waals surface area contributed by atoms with Crippen molar-refractivity contribution in [2.24, 2.45) is 0 Å². The number of amides is 1. The molecule has 0 aromatic carbocycles. The van der Waals surface area contributed by atoms with Crippen molar-refractivity contribution in [3.05, 3.63) is 12.2 Å². The summed E-state index contributed by atoms with van der Waals surface area (Å²) in [4.78, 5) is 23.5. The fourth-order valence-electron chi connectivity index (χ4n) is 9.08. The van der Waals surface area contributed by atoms with Crippen LogP contribution in [0.4, 0.5) is 0 Å². The number of hydrogen-bond acceptors (Lipinski definition) is 10. The third-order valence-electron chi connectivity index (χ3n) is 13.6. The SMILES string of the molecule is CCCCCCCCCCCCCC/C=C/[C@@H](O)[C@H](COP(=O)(O)OC1C(O)C(O)C(O)[C@@H](O)C1O)NC(=O)CCCCCCCCCCCCCCCCCCCCCCCCCCC. The molecule has 0 radical (unpaired) electrons. The second-order valence-corrected chi connectivity index (χ2v) is 21.2. The molecule has 1 fully saturated rings. The van der Waals surface area contributed by atoms with Crippen LogP contribution in [0.25, 0.3) is 0 Å². The summed E-state index contributed by atoms with van der Waals surface area (Å²) in [7, 11) is -5.08. The highest BCUT2D eigenvalue weighted by atomic mass is 31.2. The molecule has 0 saturated heterocycles. The third kappa shape index (κ3) is 33.6. The van der Waals surface area contributed by atoms with Crippen LogP contribution < -0.4 is 5.32 Å².